The summed E-state index contributed by atoms with van der Waals surface area (Å²) < 4.78 is 0. The standard InChI is InChI=1S/C14H16ClNO3/c1-8-3-4-10(15)5-11(8)13(17)16-6-9(2)12(7-16)14(18)19/h3-5,9,12H,6-7H2,1-2H3,(H,18,19). The van der Waals surface area contributed by atoms with Gasteiger partial charge in [-0.1, -0.05) is 24.6 Å². The molecule has 1 N–H and O–H groups in total. The van der Waals surface area contributed by atoms with Crippen molar-refractivity contribution in [1.82, 2.24) is 4.90 Å². The van der Waals surface area contributed by atoms with Crippen LogP contribution in [0, 0.1) is 18.8 Å². The molecule has 1 fully saturated rings. The Labute approximate surface area is 117 Å². The summed E-state index contributed by atoms with van der Waals surface area (Å²) in [6.45, 7) is 4.44. The van der Waals surface area contributed by atoms with Gasteiger partial charge in [-0.15, -0.1) is 0 Å². The number of carbonyl (C=O) groups is 2. The molecular weight excluding hydrogens is 266 g/mol. The van der Waals surface area contributed by atoms with Gasteiger partial charge in [0.15, 0.2) is 0 Å². The highest BCUT2D eigenvalue weighted by molar-refractivity contribution is 6.31. The third kappa shape index (κ3) is 2.73. The van der Waals surface area contributed by atoms with Crippen molar-refractivity contribution in [3.8, 4) is 0 Å². The molecule has 0 spiro atoms. The summed E-state index contributed by atoms with van der Waals surface area (Å²) in [4.78, 5) is 25.1. The van der Waals surface area contributed by atoms with Crippen LogP contribution in [0.4, 0.5) is 0 Å². The fourth-order valence-corrected chi connectivity index (χ4v) is 2.62. The van der Waals surface area contributed by atoms with Gasteiger partial charge in [-0.25, -0.2) is 0 Å². The first-order valence-corrected chi connectivity index (χ1v) is 6.56. The summed E-state index contributed by atoms with van der Waals surface area (Å²) in [5.74, 6) is -1.49. The molecule has 1 heterocycles. The molecule has 102 valence electrons. The second-order valence-corrected chi connectivity index (χ2v) is 5.53. The maximum Gasteiger partial charge on any atom is 0.308 e. The van der Waals surface area contributed by atoms with Crippen molar-refractivity contribution >= 4 is 23.5 Å². The number of benzene rings is 1. The highest BCUT2D eigenvalue weighted by Gasteiger charge is 2.37. The van der Waals surface area contributed by atoms with Crippen LogP contribution in [0.5, 0.6) is 0 Å². The second-order valence-electron chi connectivity index (χ2n) is 5.09. The Morgan fingerprint density at radius 1 is 1.37 bits per heavy atom. The largest absolute Gasteiger partial charge is 0.481 e. The molecule has 2 atom stereocenters. The molecule has 1 aromatic rings. The summed E-state index contributed by atoms with van der Waals surface area (Å²) in [6, 6.07) is 5.17. The minimum Gasteiger partial charge on any atom is -0.481 e. The zero-order valence-corrected chi connectivity index (χ0v) is 11.6. The monoisotopic (exact) mass is 281 g/mol. The molecule has 1 aromatic carbocycles. The summed E-state index contributed by atoms with van der Waals surface area (Å²) in [5, 5.41) is 9.60. The van der Waals surface area contributed by atoms with E-state index in [0.717, 1.165) is 5.56 Å². The fraction of sp³-hybridized carbons (Fsp3) is 0.429. The smallest absolute Gasteiger partial charge is 0.308 e. The van der Waals surface area contributed by atoms with Crippen molar-refractivity contribution in [3.05, 3.63) is 34.3 Å². The van der Waals surface area contributed by atoms with Crippen molar-refractivity contribution in [1.29, 1.82) is 0 Å². The van der Waals surface area contributed by atoms with Gasteiger partial charge in [-0.3, -0.25) is 9.59 Å². The van der Waals surface area contributed by atoms with E-state index in [-0.39, 0.29) is 18.4 Å². The van der Waals surface area contributed by atoms with E-state index in [4.69, 9.17) is 16.7 Å². The molecule has 2 rings (SSSR count). The van der Waals surface area contributed by atoms with Gasteiger partial charge in [-0.2, -0.15) is 0 Å². The molecule has 19 heavy (non-hydrogen) atoms. The zero-order valence-electron chi connectivity index (χ0n) is 10.9. The van der Waals surface area contributed by atoms with Crippen LogP contribution < -0.4 is 0 Å². The zero-order chi connectivity index (χ0) is 14.2. The van der Waals surface area contributed by atoms with Gasteiger partial charge in [0.25, 0.3) is 5.91 Å². The van der Waals surface area contributed by atoms with Crippen molar-refractivity contribution in [3.63, 3.8) is 0 Å². The molecule has 2 unspecified atom stereocenters. The van der Waals surface area contributed by atoms with E-state index in [9.17, 15) is 9.59 Å². The lowest BCUT2D eigenvalue weighted by atomic mass is 9.99. The third-order valence-electron chi connectivity index (χ3n) is 3.65. The van der Waals surface area contributed by atoms with Crippen LogP contribution in [0.2, 0.25) is 5.02 Å². The number of carbonyl (C=O) groups excluding carboxylic acids is 1. The molecule has 0 aromatic heterocycles. The Bertz CT molecular complexity index is 529. The Hall–Kier alpha value is -1.55. The van der Waals surface area contributed by atoms with Crippen molar-refractivity contribution in [2.24, 2.45) is 11.8 Å². The number of likely N-dealkylation sites (tertiary alicyclic amines) is 1. The molecule has 1 aliphatic heterocycles. The van der Waals surface area contributed by atoms with Crippen LogP contribution in [0.15, 0.2) is 18.2 Å². The van der Waals surface area contributed by atoms with E-state index in [1.807, 2.05) is 13.8 Å². The molecule has 0 aliphatic carbocycles. The number of hydrogen-bond donors (Lipinski definition) is 1. The molecule has 1 aliphatic rings. The number of carboxylic acid groups (broad SMARTS) is 1. The average Bonchev–Trinajstić information content (AvgIpc) is 2.74. The third-order valence-corrected chi connectivity index (χ3v) is 3.88. The average molecular weight is 282 g/mol. The van der Waals surface area contributed by atoms with Crippen molar-refractivity contribution < 1.29 is 14.7 Å². The van der Waals surface area contributed by atoms with Crippen LogP contribution in [0.1, 0.15) is 22.8 Å². The Kier molecular flexibility index (Phi) is 3.80. The number of rotatable bonds is 2. The predicted molar refractivity (Wildman–Crippen MR) is 72.4 cm³/mol. The SMILES string of the molecule is Cc1ccc(Cl)cc1C(=O)N1CC(C)C(C(=O)O)C1. The number of hydrogen-bond acceptors (Lipinski definition) is 2. The topological polar surface area (TPSA) is 57.6 Å². The fourth-order valence-electron chi connectivity index (χ4n) is 2.45. The summed E-state index contributed by atoms with van der Waals surface area (Å²) in [7, 11) is 0. The van der Waals surface area contributed by atoms with E-state index in [1.54, 1.807) is 23.1 Å². The van der Waals surface area contributed by atoms with Crippen molar-refractivity contribution in [2.45, 2.75) is 13.8 Å². The summed E-state index contributed by atoms with van der Waals surface area (Å²) in [6.07, 6.45) is 0. The number of nitrogens with zero attached hydrogens (tertiary/aromatic N) is 1. The Balaban J connectivity index is 2.22. The van der Waals surface area contributed by atoms with Gasteiger partial charge in [0.1, 0.15) is 0 Å². The molecule has 1 saturated heterocycles. The Morgan fingerprint density at radius 3 is 2.63 bits per heavy atom. The molecular formula is C14H16ClNO3. The Morgan fingerprint density at radius 2 is 2.05 bits per heavy atom. The maximum atomic E-state index is 12.4. The van der Waals surface area contributed by atoms with Crippen LogP contribution >= 0.6 is 11.6 Å². The predicted octanol–water partition coefficient (Wildman–Crippen LogP) is 2.44. The highest BCUT2D eigenvalue weighted by Crippen LogP contribution is 2.26. The molecule has 5 heteroatoms. The first-order valence-electron chi connectivity index (χ1n) is 6.18. The number of halogens is 1. The van der Waals surface area contributed by atoms with Gasteiger partial charge in [0.05, 0.1) is 5.92 Å². The van der Waals surface area contributed by atoms with Crippen LogP contribution in [-0.2, 0) is 4.79 Å². The van der Waals surface area contributed by atoms with E-state index >= 15 is 0 Å². The molecule has 4 nitrogen and oxygen atoms in total. The van der Waals surface area contributed by atoms with Gasteiger partial charge >= 0.3 is 5.97 Å². The highest BCUT2D eigenvalue weighted by atomic mass is 35.5. The van der Waals surface area contributed by atoms with E-state index < -0.39 is 11.9 Å². The van der Waals surface area contributed by atoms with E-state index in [0.29, 0.717) is 17.1 Å². The quantitative estimate of drug-likeness (QED) is 0.906. The van der Waals surface area contributed by atoms with E-state index in [1.165, 1.54) is 0 Å². The van der Waals surface area contributed by atoms with E-state index in [2.05, 4.69) is 0 Å². The second kappa shape index (κ2) is 5.21. The van der Waals surface area contributed by atoms with Crippen LogP contribution in [0.25, 0.3) is 0 Å². The van der Waals surface area contributed by atoms with Crippen LogP contribution in [0.3, 0.4) is 0 Å². The van der Waals surface area contributed by atoms with Gasteiger partial charge < -0.3 is 10.0 Å². The number of aliphatic carboxylic acids is 1. The van der Waals surface area contributed by atoms with Gasteiger partial charge in [-0.05, 0) is 30.5 Å². The maximum absolute atomic E-state index is 12.4. The number of amides is 1. The lowest BCUT2D eigenvalue weighted by molar-refractivity contribution is -0.142. The molecule has 0 saturated carbocycles. The number of carboxylic acids is 1. The van der Waals surface area contributed by atoms with Crippen molar-refractivity contribution in [2.75, 3.05) is 13.1 Å². The minimum atomic E-state index is -0.842. The summed E-state index contributed by atoms with van der Waals surface area (Å²) in [5.41, 5.74) is 1.39. The van der Waals surface area contributed by atoms with Gasteiger partial charge in [0.2, 0.25) is 0 Å². The minimum absolute atomic E-state index is 0.0269. The first kappa shape index (κ1) is 13.9. The molecule has 0 radical (unpaired) electrons. The number of aryl methyl sites for hydroxylation is 1. The molecule has 0 bridgehead atoms. The van der Waals surface area contributed by atoms with Gasteiger partial charge in [0, 0.05) is 23.7 Å². The first-order chi connectivity index (χ1) is 8.90. The lowest BCUT2D eigenvalue weighted by Gasteiger charge is -2.17. The van der Waals surface area contributed by atoms with Crippen LogP contribution in [-0.4, -0.2) is 35.0 Å². The summed E-state index contributed by atoms with van der Waals surface area (Å²) >= 11 is 5.91. The molecule has 1 amide bonds. The normalized spacial score (nSPS) is 22.6. The lowest BCUT2D eigenvalue weighted by Crippen LogP contribution is -2.30.